The Hall–Kier alpha value is -4.71. The van der Waals surface area contributed by atoms with Crippen molar-refractivity contribution in [1.29, 1.82) is 0 Å². The molecule has 0 aromatic rings. The molecule has 0 spiro atoms. The lowest BCUT2D eigenvalue weighted by atomic mass is 10.1. The van der Waals surface area contributed by atoms with E-state index in [4.69, 9.17) is 14.2 Å². The van der Waals surface area contributed by atoms with Crippen LogP contribution in [0.3, 0.4) is 0 Å². The molecule has 0 aliphatic rings. The van der Waals surface area contributed by atoms with E-state index in [2.05, 4.69) is 167 Å². The number of allylic oxidation sites excluding steroid dienone is 24. The van der Waals surface area contributed by atoms with E-state index in [1.54, 1.807) is 0 Å². The molecule has 6 nitrogen and oxygen atoms in total. The van der Waals surface area contributed by atoms with Crippen molar-refractivity contribution in [1.82, 2.24) is 0 Å². The molecule has 0 aromatic heterocycles. The van der Waals surface area contributed by atoms with E-state index in [9.17, 15) is 14.4 Å². The maximum Gasteiger partial charge on any atom is 0.306 e. The molecule has 0 aliphatic heterocycles. The van der Waals surface area contributed by atoms with Crippen molar-refractivity contribution in [2.24, 2.45) is 0 Å². The van der Waals surface area contributed by atoms with Crippen LogP contribution in [0.15, 0.2) is 146 Å². The molecule has 0 saturated heterocycles. The van der Waals surface area contributed by atoms with Crippen LogP contribution in [-0.2, 0) is 28.6 Å². The first-order valence-electron chi connectivity index (χ1n) is 33.3. The van der Waals surface area contributed by atoms with Crippen LogP contribution < -0.4 is 0 Å². The third-order valence-electron chi connectivity index (χ3n) is 13.8. The summed E-state index contributed by atoms with van der Waals surface area (Å²) in [4.78, 5) is 38.4. The molecule has 1 unspecified atom stereocenters. The molecule has 0 fully saturated rings. The van der Waals surface area contributed by atoms with Crippen molar-refractivity contribution in [3.63, 3.8) is 0 Å². The van der Waals surface area contributed by atoms with Crippen molar-refractivity contribution in [3.05, 3.63) is 146 Å². The molecule has 1 atom stereocenters. The molecule has 0 rings (SSSR count). The fraction of sp³-hybridized carbons (Fsp3) is 0.640. The Kier molecular flexibility index (Phi) is 63.9. The zero-order chi connectivity index (χ0) is 58.5. The fourth-order valence-electron chi connectivity index (χ4n) is 8.88. The van der Waals surface area contributed by atoms with E-state index in [1.807, 2.05) is 0 Å². The van der Waals surface area contributed by atoms with Crippen molar-refractivity contribution in [3.8, 4) is 0 Å². The molecular formula is C75H122O6. The van der Waals surface area contributed by atoms with E-state index in [0.29, 0.717) is 19.3 Å². The van der Waals surface area contributed by atoms with Gasteiger partial charge in [0.15, 0.2) is 6.10 Å². The molecule has 0 N–H and O–H groups in total. The number of carbonyl (C=O) groups is 3. The molecular weight excluding hydrogens is 997 g/mol. The van der Waals surface area contributed by atoms with Gasteiger partial charge in [0.05, 0.1) is 0 Å². The van der Waals surface area contributed by atoms with Crippen molar-refractivity contribution < 1.29 is 28.6 Å². The molecule has 81 heavy (non-hydrogen) atoms. The predicted octanol–water partition coefficient (Wildman–Crippen LogP) is 23.1. The number of hydrogen-bond donors (Lipinski definition) is 0. The van der Waals surface area contributed by atoms with Crippen LogP contribution in [0.2, 0.25) is 0 Å². The number of esters is 3. The van der Waals surface area contributed by atoms with E-state index in [0.717, 1.165) is 161 Å². The van der Waals surface area contributed by atoms with Crippen LogP contribution in [0.1, 0.15) is 290 Å². The van der Waals surface area contributed by atoms with E-state index in [-0.39, 0.29) is 31.1 Å². The second-order valence-electron chi connectivity index (χ2n) is 21.6. The zero-order valence-corrected chi connectivity index (χ0v) is 52.5. The van der Waals surface area contributed by atoms with Gasteiger partial charge in [-0.1, -0.05) is 276 Å². The Bertz CT molecular complexity index is 1760. The largest absolute Gasteiger partial charge is 0.462 e. The molecule has 458 valence electrons. The number of unbranched alkanes of at least 4 members (excludes halogenated alkanes) is 24. The summed E-state index contributed by atoms with van der Waals surface area (Å²) in [5, 5.41) is 0. The minimum atomic E-state index is -0.802. The van der Waals surface area contributed by atoms with Gasteiger partial charge in [-0.25, -0.2) is 0 Å². The third kappa shape index (κ3) is 66.0. The Morgan fingerprint density at radius 3 is 0.753 bits per heavy atom. The molecule has 0 radical (unpaired) electrons. The van der Waals surface area contributed by atoms with Gasteiger partial charge in [-0.05, 0) is 141 Å². The zero-order valence-electron chi connectivity index (χ0n) is 52.5. The minimum Gasteiger partial charge on any atom is -0.462 e. The molecule has 0 amide bonds. The Balaban J connectivity index is 4.38. The van der Waals surface area contributed by atoms with Crippen LogP contribution in [0.4, 0.5) is 0 Å². The SMILES string of the molecule is CC/C=C\C/C=C\C/C=C\C/C=C\C/C=C\C/C=C\CCCCCCCCCCCCC(=O)OCC(COC(=O)CCCCCCC/C=C\C/C=C\C/C=C\CC)OC(=O)CCCCCCCC/C=C\C/C=C\C/C=C\CCCCC. The van der Waals surface area contributed by atoms with Gasteiger partial charge in [0.1, 0.15) is 13.2 Å². The average Bonchev–Trinajstić information content (AvgIpc) is 3.47. The molecule has 0 aromatic carbocycles. The maximum absolute atomic E-state index is 12.9. The van der Waals surface area contributed by atoms with Crippen molar-refractivity contribution >= 4 is 17.9 Å². The number of carbonyl (C=O) groups excluding carboxylic acids is 3. The van der Waals surface area contributed by atoms with Crippen molar-refractivity contribution in [2.45, 2.75) is 297 Å². The standard InChI is InChI=1S/C75H122O6/c1-4-7-10-13-16-19-22-25-28-30-32-33-34-35-36-37-38-39-40-41-43-44-47-50-53-56-59-62-65-68-74(77)80-71-72(70-79-73(76)67-64-61-58-55-52-49-46-27-24-21-18-15-12-9-6-3)81-75(78)69-66-63-60-57-54-51-48-45-42-31-29-26-23-20-17-14-11-8-5-2/h7,9-10,12,16-21,25-29,32-33,35-36,38-39,42,45-46,72H,4-6,8,11,13-15,22-24,30-31,34,37,40-41,43-44,47-71H2,1-3H3/b10-7-,12-9-,19-16-,20-17-,21-18-,28-25-,29-26-,33-32-,36-35-,39-38-,45-42-,46-27-. The Morgan fingerprint density at radius 1 is 0.259 bits per heavy atom. The maximum atomic E-state index is 12.9. The first-order valence-corrected chi connectivity index (χ1v) is 33.3. The quantitative estimate of drug-likeness (QED) is 0.0261. The summed E-state index contributed by atoms with van der Waals surface area (Å²) in [6.07, 6.45) is 97.1. The first-order chi connectivity index (χ1) is 40.0. The predicted molar refractivity (Wildman–Crippen MR) is 352 cm³/mol. The summed E-state index contributed by atoms with van der Waals surface area (Å²) in [5.74, 6) is -0.927. The third-order valence-corrected chi connectivity index (χ3v) is 13.8. The van der Waals surface area contributed by atoms with Crippen LogP contribution in [-0.4, -0.2) is 37.2 Å². The normalized spacial score (nSPS) is 13.1. The summed E-state index contributed by atoms with van der Waals surface area (Å²) >= 11 is 0. The second-order valence-corrected chi connectivity index (χ2v) is 21.6. The van der Waals surface area contributed by atoms with Gasteiger partial charge in [0.2, 0.25) is 0 Å². The molecule has 0 heterocycles. The van der Waals surface area contributed by atoms with Gasteiger partial charge in [0.25, 0.3) is 0 Å². The molecule has 0 saturated carbocycles. The average molecular weight is 1120 g/mol. The smallest absolute Gasteiger partial charge is 0.306 e. The summed E-state index contributed by atoms with van der Waals surface area (Å²) in [6.45, 7) is 6.37. The van der Waals surface area contributed by atoms with E-state index >= 15 is 0 Å². The fourth-order valence-corrected chi connectivity index (χ4v) is 8.88. The van der Waals surface area contributed by atoms with Gasteiger partial charge in [-0.2, -0.15) is 0 Å². The number of hydrogen-bond acceptors (Lipinski definition) is 6. The van der Waals surface area contributed by atoms with Gasteiger partial charge in [-0.15, -0.1) is 0 Å². The second kappa shape index (κ2) is 67.8. The van der Waals surface area contributed by atoms with Crippen LogP contribution in [0.5, 0.6) is 0 Å². The van der Waals surface area contributed by atoms with E-state index < -0.39 is 6.10 Å². The lowest BCUT2D eigenvalue weighted by molar-refractivity contribution is -0.167. The lowest BCUT2D eigenvalue weighted by Gasteiger charge is -2.18. The van der Waals surface area contributed by atoms with Crippen LogP contribution in [0.25, 0.3) is 0 Å². The lowest BCUT2D eigenvalue weighted by Crippen LogP contribution is -2.30. The van der Waals surface area contributed by atoms with Crippen LogP contribution in [0, 0.1) is 0 Å². The Morgan fingerprint density at radius 2 is 0.481 bits per heavy atom. The molecule has 0 bridgehead atoms. The highest BCUT2D eigenvalue weighted by molar-refractivity contribution is 5.71. The van der Waals surface area contributed by atoms with Gasteiger partial charge in [0, 0.05) is 19.3 Å². The summed E-state index contributed by atoms with van der Waals surface area (Å²) in [5.41, 5.74) is 0. The van der Waals surface area contributed by atoms with Crippen LogP contribution >= 0.6 is 0 Å². The highest BCUT2D eigenvalue weighted by Gasteiger charge is 2.19. The number of rotatable bonds is 59. The summed E-state index contributed by atoms with van der Waals surface area (Å²) in [7, 11) is 0. The van der Waals surface area contributed by atoms with E-state index in [1.165, 1.54) is 89.9 Å². The van der Waals surface area contributed by atoms with Crippen molar-refractivity contribution in [2.75, 3.05) is 13.2 Å². The molecule has 0 aliphatic carbocycles. The highest BCUT2D eigenvalue weighted by atomic mass is 16.6. The van der Waals surface area contributed by atoms with Gasteiger partial charge < -0.3 is 14.2 Å². The Labute approximate surface area is 499 Å². The highest BCUT2D eigenvalue weighted by Crippen LogP contribution is 2.15. The molecule has 6 heteroatoms. The van der Waals surface area contributed by atoms with Gasteiger partial charge in [-0.3, -0.25) is 14.4 Å². The summed E-state index contributed by atoms with van der Waals surface area (Å²) in [6, 6.07) is 0. The first kappa shape index (κ1) is 76.3. The summed E-state index contributed by atoms with van der Waals surface area (Å²) < 4.78 is 16.9. The number of ether oxygens (including phenoxy) is 3. The monoisotopic (exact) mass is 1120 g/mol. The minimum absolute atomic E-state index is 0.0957. The van der Waals surface area contributed by atoms with Gasteiger partial charge >= 0.3 is 17.9 Å². The topological polar surface area (TPSA) is 78.9 Å².